The first-order valence-electron chi connectivity index (χ1n) is 7.00. The average Bonchev–Trinajstić information content (AvgIpc) is 2.56. The van der Waals surface area contributed by atoms with E-state index in [1.807, 2.05) is 30.3 Å². The molecular formula is C16H17N3O3S. The summed E-state index contributed by atoms with van der Waals surface area (Å²) in [6, 6.07) is 17.8. The van der Waals surface area contributed by atoms with E-state index in [4.69, 9.17) is 22.7 Å². The maximum absolute atomic E-state index is 11.4. The van der Waals surface area contributed by atoms with Gasteiger partial charge < -0.3 is 15.8 Å². The molecule has 3 N–H and O–H groups in total. The molecule has 0 aromatic heterocycles. The van der Waals surface area contributed by atoms with Crippen molar-refractivity contribution in [3.05, 3.63) is 81.9 Å². The van der Waals surface area contributed by atoms with Crippen LogP contribution in [-0.4, -0.2) is 16.6 Å². The molecule has 120 valence electrons. The number of hydrogen-bond acceptors (Lipinski definition) is 4. The fourth-order valence-electron chi connectivity index (χ4n) is 2.13. The molecule has 0 aliphatic heterocycles. The second kappa shape index (κ2) is 8.21. The normalized spacial score (nSPS) is 13.0. The lowest BCUT2D eigenvalue weighted by atomic mass is 10.1. The molecule has 2 atom stereocenters. The van der Waals surface area contributed by atoms with Gasteiger partial charge >= 0.3 is 6.23 Å². The van der Waals surface area contributed by atoms with Crippen LogP contribution in [-0.2, 0) is 4.74 Å². The predicted molar refractivity (Wildman–Crippen MR) is 91.2 cm³/mol. The van der Waals surface area contributed by atoms with Crippen LogP contribution in [0.5, 0.6) is 0 Å². The average molecular weight is 331 g/mol. The molecule has 0 saturated heterocycles. The molecule has 0 bridgehead atoms. The number of hydrogen-bond donors (Lipinski definition) is 2. The van der Waals surface area contributed by atoms with Crippen molar-refractivity contribution >= 4 is 17.3 Å². The van der Waals surface area contributed by atoms with Crippen LogP contribution in [0, 0.1) is 10.1 Å². The van der Waals surface area contributed by atoms with Gasteiger partial charge in [-0.3, -0.25) is 10.1 Å². The molecule has 0 aliphatic carbocycles. The number of ether oxygens (including phenoxy) is 1. The largest absolute Gasteiger partial charge is 0.376 e. The maximum Gasteiger partial charge on any atom is 0.342 e. The molecule has 0 radical (unpaired) electrons. The molecule has 2 aromatic carbocycles. The molecule has 0 saturated carbocycles. The summed E-state index contributed by atoms with van der Waals surface area (Å²) >= 11 is 4.80. The molecule has 2 aromatic rings. The number of nitrogens with two attached hydrogens (primary N) is 1. The Kier molecular flexibility index (Phi) is 6.02. The van der Waals surface area contributed by atoms with E-state index >= 15 is 0 Å². The van der Waals surface area contributed by atoms with E-state index in [-0.39, 0.29) is 11.7 Å². The van der Waals surface area contributed by atoms with Gasteiger partial charge in [0.2, 0.25) is 0 Å². The van der Waals surface area contributed by atoms with Crippen LogP contribution >= 0.6 is 12.2 Å². The summed E-state index contributed by atoms with van der Waals surface area (Å²) < 4.78 is 5.76. The highest BCUT2D eigenvalue weighted by molar-refractivity contribution is 7.80. The number of benzene rings is 2. The van der Waals surface area contributed by atoms with Crippen molar-refractivity contribution in [1.29, 1.82) is 0 Å². The van der Waals surface area contributed by atoms with Crippen molar-refractivity contribution < 1.29 is 9.66 Å². The van der Waals surface area contributed by atoms with Crippen LogP contribution < -0.4 is 11.1 Å². The molecule has 0 heterocycles. The van der Waals surface area contributed by atoms with Gasteiger partial charge in [-0.05, 0) is 29.9 Å². The quantitative estimate of drug-likeness (QED) is 0.351. The minimum Gasteiger partial charge on any atom is -0.376 e. The molecule has 7 heteroatoms. The van der Waals surface area contributed by atoms with E-state index < -0.39 is 17.3 Å². The standard InChI is InChI=1S/C16H17N3O3S/c17-16(23)18-11-14(12-7-3-1-4-8-12)22-15(19(20)21)13-9-5-2-6-10-13/h1-10,14-15H,11H2,(H3,17,18,23). The first-order chi connectivity index (χ1) is 11.1. The van der Waals surface area contributed by atoms with Crippen molar-refractivity contribution in [2.75, 3.05) is 6.54 Å². The van der Waals surface area contributed by atoms with Gasteiger partial charge in [-0.25, -0.2) is 0 Å². The van der Waals surface area contributed by atoms with Crippen LogP contribution in [0.25, 0.3) is 0 Å². The Bertz CT molecular complexity index is 652. The van der Waals surface area contributed by atoms with Gasteiger partial charge in [0.25, 0.3) is 0 Å². The lowest BCUT2D eigenvalue weighted by Gasteiger charge is -2.21. The van der Waals surface area contributed by atoms with E-state index in [2.05, 4.69) is 5.32 Å². The van der Waals surface area contributed by atoms with Gasteiger partial charge in [-0.15, -0.1) is 0 Å². The van der Waals surface area contributed by atoms with Gasteiger partial charge in [0.05, 0.1) is 10.5 Å². The van der Waals surface area contributed by atoms with E-state index in [9.17, 15) is 10.1 Å². The van der Waals surface area contributed by atoms with Crippen LogP contribution in [0.4, 0.5) is 0 Å². The Labute approximate surface area is 139 Å². The number of rotatable bonds is 7. The van der Waals surface area contributed by atoms with Crippen molar-refractivity contribution in [1.82, 2.24) is 5.32 Å². The fourth-order valence-corrected chi connectivity index (χ4v) is 2.21. The van der Waals surface area contributed by atoms with Crippen LogP contribution in [0.1, 0.15) is 23.5 Å². The Morgan fingerprint density at radius 3 is 2.13 bits per heavy atom. The highest BCUT2D eigenvalue weighted by Crippen LogP contribution is 2.26. The number of nitrogens with zero attached hydrogens (tertiary/aromatic N) is 1. The molecule has 2 unspecified atom stereocenters. The minimum atomic E-state index is -1.27. The van der Waals surface area contributed by atoms with Crippen molar-refractivity contribution in [3.63, 3.8) is 0 Å². The third-order valence-corrected chi connectivity index (χ3v) is 3.35. The highest BCUT2D eigenvalue weighted by Gasteiger charge is 2.28. The fraction of sp³-hybridized carbons (Fsp3) is 0.188. The van der Waals surface area contributed by atoms with E-state index in [1.165, 1.54) is 0 Å². The lowest BCUT2D eigenvalue weighted by Crippen LogP contribution is -2.34. The van der Waals surface area contributed by atoms with Crippen LogP contribution in [0.15, 0.2) is 60.7 Å². The second-order valence-corrected chi connectivity index (χ2v) is 5.27. The first-order valence-corrected chi connectivity index (χ1v) is 7.41. The molecule has 0 spiro atoms. The van der Waals surface area contributed by atoms with E-state index in [0.717, 1.165) is 5.56 Å². The second-order valence-electron chi connectivity index (χ2n) is 4.83. The monoisotopic (exact) mass is 331 g/mol. The zero-order chi connectivity index (χ0) is 16.7. The first kappa shape index (κ1) is 16.9. The van der Waals surface area contributed by atoms with Crippen molar-refractivity contribution in [2.24, 2.45) is 5.73 Å². The Morgan fingerprint density at radius 1 is 1.13 bits per heavy atom. The van der Waals surface area contributed by atoms with Crippen LogP contribution in [0.2, 0.25) is 0 Å². The number of thiocarbonyl (C=S) groups is 1. The van der Waals surface area contributed by atoms with E-state index in [1.54, 1.807) is 30.3 Å². The third kappa shape index (κ3) is 5.01. The SMILES string of the molecule is NC(=S)NCC(OC(c1ccccc1)[N+](=O)[O-])c1ccccc1. The molecular weight excluding hydrogens is 314 g/mol. The van der Waals surface area contributed by atoms with Crippen molar-refractivity contribution in [2.45, 2.75) is 12.3 Å². The summed E-state index contributed by atoms with van der Waals surface area (Å²) in [5.41, 5.74) is 6.74. The Balaban J connectivity index is 2.23. The molecule has 0 fully saturated rings. The van der Waals surface area contributed by atoms with Gasteiger partial charge in [0.15, 0.2) is 5.11 Å². The summed E-state index contributed by atoms with van der Waals surface area (Å²) in [7, 11) is 0. The van der Waals surface area contributed by atoms with Gasteiger partial charge in [-0.2, -0.15) is 0 Å². The Hall–Kier alpha value is -2.51. The summed E-state index contributed by atoms with van der Waals surface area (Å²) in [6.07, 6.45) is -1.83. The Morgan fingerprint density at radius 2 is 1.65 bits per heavy atom. The third-order valence-electron chi connectivity index (χ3n) is 3.20. The molecule has 2 rings (SSSR count). The highest BCUT2D eigenvalue weighted by atomic mass is 32.1. The van der Waals surface area contributed by atoms with Gasteiger partial charge in [0.1, 0.15) is 6.10 Å². The smallest absolute Gasteiger partial charge is 0.342 e. The summed E-state index contributed by atoms with van der Waals surface area (Å²) in [6.45, 7) is 0.247. The molecule has 6 nitrogen and oxygen atoms in total. The minimum absolute atomic E-state index is 0.117. The van der Waals surface area contributed by atoms with E-state index in [0.29, 0.717) is 5.56 Å². The van der Waals surface area contributed by atoms with Crippen LogP contribution in [0.3, 0.4) is 0 Å². The number of nitro groups is 1. The van der Waals surface area contributed by atoms with Gasteiger partial charge in [0, 0.05) is 6.54 Å². The van der Waals surface area contributed by atoms with Crippen molar-refractivity contribution in [3.8, 4) is 0 Å². The zero-order valence-electron chi connectivity index (χ0n) is 12.3. The zero-order valence-corrected chi connectivity index (χ0v) is 13.1. The topological polar surface area (TPSA) is 90.4 Å². The molecule has 0 aliphatic rings. The summed E-state index contributed by atoms with van der Waals surface area (Å²) in [4.78, 5) is 11.0. The van der Waals surface area contributed by atoms with Gasteiger partial charge in [-0.1, -0.05) is 48.5 Å². The summed E-state index contributed by atoms with van der Waals surface area (Å²) in [5.74, 6) is 0. The number of nitrogens with one attached hydrogen (secondary N) is 1. The molecule has 23 heavy (non-hydrogen) atoms. The predicted octanol–water partition coefficient (Wildman–Crippen LogP) is 2.55. The summed E-state index contributed by atoms with van der Waals surface area (Å²) in [5, 5.41) is 14.3. The molecule has 0 amide bonds. The maximum atomic E-state index is 11.4. The lowest BCUT2D eigenvalue weighted by molar-refractivity contribution is -0.588.